The van der Waals surface area contributed by atoms with Gasteiger partial charge in [0, 0.05) is 12.6 Å². The monoisotopic (exact) mass is 370 g/mol. The molecule has 2 N–H and O–H groups in total. The second-order valence-electron chi connectivity index (χ2n) is 7.06. The third-order valence-electron chi connectivity index (χ3n) is 5.04. The van der Waals surface area contributed by atoms with E-state index in [2.05, 4.69) is 17.1 Å². The van der Waals surface area contributed by atoms with E-state index < -0.39 is 15.6 Å². The lowest BCUT2D eigenvalue weighted by Gasteiger charge is -2.34. The second-order valence-corrected chi connectivity index (χ2v) is 9.06. The molecule has 1 aliphatic heterocycles. The molecule has 0 radical (unpaired) electrons. The highest BCUT2D eigenvalue weighted by Crippen LogP contribution is 2.35. The molecule has 26 heavy (non-hydrogen) atoms. The molecule has 0 saturated heterocycles. The van der Waals surface area contributed by atoms with Gasteiger partial charge in [-0.3, -0.25) is 0 Å². The number of nitrogens with two attached hydrogens (primary N) is 1. The number of sulfonamides is 1. The molecule has 2 atom stereocenters. The van der Waals surface area contributed by atoms with E-state index in [1.807, 2.05) is 37.3 Å². The van der Waals surface area contributed by atoms with Crippen LogP contribution in [0.15, 0.2) is 47.0 Å². The highest BCUT2D eigenvalue weighted by molar-refractivity contribution is 7.89. The van der Waals surface area contributed by atoms with Crippen molar-refractivity contribution in [1.29, 1.82) is 5.26 Å². The molecule has 7 heteroatoms. The molecular weight excluding hydrogens is 348 g/mol. The molecule has 1 aliphatic carbocycles. The molecule has 6 nitrogen and oxygen atoms in total. The van der Waals surface area contributed by atoms with Crippen LogP contribution in [0.1, 0.15) is 31.4 Å². The van der Waals surface area contributed by atoms with Crippen molar-refractivity contribution in [3.05, 3.63) is 53.1 Å². The van der Waals surface area contributed by atoms with Crippen LogP contribution in [0, 0.1) is 17.2 Å². The number of nitriles is 1. The van der Waals surface area contributed by atoms with Gasteiger partial charge in [-0.1, -0.05) is 31.2 Å². The summed E-state index contributed by atoms with van der Waals surface area (Å²) in [5, 5.41) is 9.29. The fourth-order valence-corrected chi connectivity index (χ4v) is 4.74. The predicted octanol–water partition coefficient (Wildman–Crippen LogP) is 2.36. The smallest absolute Gasteiger partial charge is 0.239 e. The minimum Gasteiger partial charge on any atom is -0.369 e. The predicted molar refractivity (Wildman–Crippen MR) is 102 cm³/mol. The molecule has 1 aromatic carbocycles. The summed E-state index contributed by atoms with van der Waals surface area (Å²) < 4.78 is 25.8. The fourth-order valence-electron chi connectivity index (χ4n) is 3.27. The Hall–Kier alpha value is -2.59. The number of guanidine groups is 1. The van der Waals surface area contributed by atoms with Crippen LogP contribution in [-0.2, 0) is 15.6 Å². The summed E-state index contributed by atoms with van der Waals surface area (Å²) in [4.78, 5) is 4.44. The summed E-state index contributed by atoms with van der Waals surface area (Å²) >= 11 is 0. The van der Waals surface area contributed by atoms with Gasteiger partial charge in [-0.15, -0.1) is 0 Å². The van der Waals surface area contributed by atoms with Gasteiger partial charge in [-0.05, 0) is 48.1 Å². The van der Waals surface area contributed by atoms with Crippen molar-refractivity contribution < 1.29 is 8.42 Å². The van der Waals surface area contributed by atoms with Crippen molar-refractivity contribution in [1.82, 2.24) is 4.31 Å². The van der Waals surface area contributed by atoms with Crippen molar-refractivity contribution >= 4 is 21.6 Å². The van der Waals surface area contributed by atoms with Gasteiger partial charge in [0.25, 0.3) is 0 Å². The molecule has 1 heterocycles. The maximum absolute atomic E-state index is 12.4. The Bertz CT molecular complexity index is 985. The number of rotatable bonds is 2. The summed E-state index contributed by atoms with van der Waals surface area (Å²) in [6.45, 7) is 3.80. The Morgan fingerprint density at radius 1 is 1.42 bits per heavy atom. The van der Waals surface area contributed by atoms with Gasteiger partial charge >= 0.3 is 0 Å². The van der Waals surface area contributed by atoms with Crippen molar-refractivity contribution in [2.75, 3.05) is 12.8 Å². The van der Waals surface area contributed by atoms with Crippen molar-refractivity contribution in [2.24, 2.45) is 16.6 Å². The van der Waals surface area contributed by atoms with Crippen LogP contribution in [0.4, 0.5) is 0 Å². The first-order valence-electron chi connectivity index (χ1n) is 8.41. The Kier molecular flexibility index (Phi) is 4.41. The molecular formula is C19H22N4O2S. The van der Waals surface area contributed by atoms with E-state index in [9.17, 15) is 13.7 Å². The minimum absolute atomic E-state index is 0.0125. The lowest BCUT2D eigenvalue weighted by atomic mass is 9.86. The number of allylic oxidation sites excluding steroid dienone is 4. The molecule has 0 amide bonds. The summed E-state index contributed by atoms with van der Waals surface area (Å²) in [6.07, 6.45) is 4.81. The molecule has 0 fully saturated rings. The number of nitrogens with zero attached hydrogens (tertiary/aromatic N) is 3. The van der Waals surface area contributed by atoms with Crippen molar-refractivity contribution in [3.8, 4) is 6.07 Å². The summed E-state index contributed by atoms with van der Waals surface area (Å²) in [5.74, 6) is 0.0603. The average molecular weight is 370 g/mol. The number of hydrogen-bond acceptors (Lipinski definition) is 5. The molecule has 2 aliphatic rings. The van der Waals surface area contributed by atoms with E-state index in [1.54, 1.807) is 6.92 Å². The highest BCUT2D eigenvalue weighted by Gasteiger charge is 2.40. The normalized spacial score (nSPS) is 27.8. The van der Waals surface area contributed by atoms with Gasteiger partial charge in [-0.2, -0.15) is 5.26 Å². The van der Waals surface area contributed by atoms with E-state index in [-0.39, 0.29) is 17.6 Å². The molecule has 0 bridgehead atoms. The van der Waals surface area contributed by atoms with Gasteiger partial charge < -0.3 is 5.73 Å². The molecule has 0 spiro atoms. The van der Waals surface area contributed by atoms with E-state index in [1.165, 1.54) is 7.05 Å². The third kappa shape index (κ3) is 3.13. The van der Waals surface area contributed by atoms with Gasteiger partial charge in [0.15, 0.2) is 0 Å². The van der Waals surface area contributed by atoms with Crippen LogP contribution in [0.2, 0.25) is 0 Å². The zero-order valence-electron chi connectivity index (χ0n) is 15.1. The average Bonchev–Trinajstić information content (AvgIpc) is 2.60. The Morgan fingerprint density at radius 2 is 2.15 bits per heavy atom. The lowest BCUT2D eigenvalue weighted by molar-refractivity contribution is 0.477. The van der Waals surface area contributed by atoms with Crippen LogP contribution in [0.3, 0.4) is 0 Å². The Morgan fingerprint density at radius 3 is 2.81 bits per heavy atom. The SMILES string of the molecule is CC1CC=C(c2cccc(C3(C)CS(=O)(=O)N(C)C(N)=N3)c2)C=C1C#N. The molecule has 1 aromatic rings. The van der Waals surface area contributed by atoms with E-state index in [4.69, 9.17) is 5.73 Å². The number of benzene rings is 1. The van der Waals surface area contributed by atoms with Gasteiger partial charge in [0.05, 0.1) is 11.8 Å². The largest absolute Gasteiger partial charge is 0.369 e. The molecule has 0 saturated carbocycles. The maximum Gasteiger partial charge on any atom is 0.239 e. The van der Waals surface area contributed by atoms with Crippen molar-refractivity contribution in [2.45, 2.75) is 25.8 Å². The van der Waals surface area contributed by atoms with Crippen LogP contribution in [0.5, 0.6) is 0 Å². The Labute approximate surface area is 154 Å². The molecule has 3 rings (SSSR count). The summed E-state index contributed by atoms with van der Waals surface area (Å²) in [5.41, 5.74) is 8.33. The summed E-state index contributed by atoms with van der Waals surface area (Å²) in [6, 6.07) is 9.89. The number of hydrogen-bond donors (Lipinski definition) is 1. The van der Waals surface area contributed by atoms with Crippen LogP contribution < -0.4 is 5.73 Å². The zero-order valence-corrected chi connectivity index (χ0v) is 15.9. The first-order valence-corrected chi connectivity index (χ1v) is 10.0. The molecule has 2 unspecified atom stereocenters. The van der Waals surface area contributed by atoms with Crippen LogP contribution in [-0.4, -0.2) is 31.5 Å². The first-order chi connectivity index (χ1) is 12.2. The quantitative estimate of drug-likeness (QED) is 0.864. The first kappa shape index (κ1) is 18.2. The van der Waals surface area contributed by atoms with Gasteiger partial charge in [-0.25, -0.2) is 17.7 Å². The Balaban J connectivity index is 2.04. The number of aliphatic imine (C=N–C) groups is 1. The van der Waals surface area contributed by atoms with E-state index >= 15 is 0 Å². The lowest BCUT2D eigenvalue weighted by Crippen LogP contribution is -2.50. The second kappa shape index (κ2) is 6.29. The highest BCUT2D eigenvalue weighted by atomic mass is 32.2. The van der Waals surface area contributed by atoms with Gasteiger partial charge in [0.2, 0.25) is 16.0 Å². The van der Waals surface area contributed by atoms with E-state index in [0.717, 1.165) is 33.0 Å². The topological polar surface area (TPSA) is 99.6 Å². The van der Waals surface area contributed by atoms with Crippen LogP contribution in [0.25, 0.3) is 5.57 Å². The maximum atomic E-state index is 12.4. The third-order valence-corrected chi connectivity index (χ3v) is 6.99. The fraction of sp³-hybridized carbons (Fsp3) is 0.368. The van der Waals surface area contributed by atoms with Gasteiger partial charge in [0.1, 0.15) is 5.54 Å². The van der Waals surface area contributed by atoms with Crippen molar-refractivity contribution in [3.63, 3.8) is 0 Å². The van der Waals surface area contributed by atoms with Crippen LogP contribution >= 0.6 is 0 Å². The van der Waals surface area contributed by atoms with E-state index in [0.29, 0.717) is 0 Å². The molecule has 136 valence electrons. The molecule has 0 aromatic heterocycles. The standard InChI is InChI=1S/C19H22N4O2S/c1-13-7-8-15(9-16(13)11-20)14-5-4-6-17(10-14)19(2)12-26(24,25)23(3)18(21)22-19/h4-6,8-10,13H,7,12H2,1-3H3,(H2,21,22). The summed E-state index contributed by atoms with van der Waals surface area (Å²) in [7, 11) is -2.11. The zero-order chi connectivity index (χ0) is 19.1. The minimum atomic E-state index is -3.52.